The SMILES string of the molecule is C=CC(=O)NC(O)NC(=O)C=C. The van der Waals surface area contributed by atoms with Crippen LogP contribution < -0.4 is 10.6 Å². The lowest BCUT2D eigenvalue weighted by Gasteiger charge is -2.11. The Balaban J connectivity index is 3.80. The van der Waals surface area contributed by atoms with E-state index in [1.165, 1.54) is 0 Å². The zero-order chi connectivity index (χ0) is 9.56. The largest absolute Gasteiger partial charge is 0.356 e. The van der Waals surface area contributed by atoms with Gasteiger partial charge in [-0.1, -0.05) is 13.2 Å². The zero-order valence-electron chi connectivity index (χ0n) is 6.41. The van der Waals surface area contributed by atoms with Crippen molar-refractivity contribution in [1.29, 1.82) is 0 Å². The smallest absolute Gasteiger partial charge is 0.246 e. The van der Waals surface area contributed by atoms with E-state index in [1.807, 2.05) is 10.6 Å². The second kappa shape index (κ2) is 5.09. The van der Waals surface area contributed by atoms with Gasteiger partial charge in [0.1, 0.15) is 0 Å². The molecule has 0 aromatic rings. The third kappa shape index (κ3) is 4.24. The lowest BCUT2D eigenvalue weighted by Crippen LogP contribution is -2.46. The molecule has 5 heteroatoms. The summed E-state index contributed by atoms with van der Waals surface area (Å²) < 4.78 is 0. The predicted octanol–water partition coefficient (Wildman–Crippen LogP) is -1.13. The van der Waals surface area contributed by atoms with Crippen LogP contribution in [0.2, 0.25) is 0 Å². The molecule has 0 bridgehead atoms. The summed E-state index contributed by atoms with van der Waals surface area (Å²) in [6, 6.07) is 0. The van der Waals surface area contributed by atoms with Crippen molar-refractivity contribution in [1.82, 2.24) is 10.6 Å². The second-order valence-corrected chi connectivity index (χ2v) is 1.83. The fourth-order valence-electron chi connectivity index (χ4n) is 0.423. The average molecular weight is 170 g/mol. The van der Waals surface area contributed by atoms with Crippen molar-refractivity contribution in [2.24, 2.45) is 0 Å². The van der Waals surface area contributed by atoms with Crippen molar-refractivity contribution >= 4 is 11.8 Å². The Morgan fingerprint density at radius 1 is 1.17 bits per heavy atom. The van der Waals surface area contributed by atoms with Gasteiger partial charge in [-0.3, -0.25) is 9.59 Å². The van der Waals surface area contributed by atoms with E-state index in [9.17, 15) is 9.59 Å². The molecule has 66 valence electrons. The van der Waals surface area contributed by atoms with E-state index in [-0.39, 0.29) is 0 Å². The monoisotopic (exact) mass is 170 g/mol. The molecule has 3 N–H and O–H groups in total. The summed E-state index contributed by atoms with van der Waals surface area (Å²) in [6.07, 6.45) is 0.535. The molecule has 5 nitrogen and oxygen atoms in total. The maximum Gasteiger partial charge on any atom is 0.246 e. The van der Waals surface area contributed by atoms with Gasteiger partial charge in [0.15, 0.2) is 0 Å². The van der Waals surface area contributed by atoms with Crippen LogP contribution in [0.5, 0.6) is 0 Å². The Hall–Kier alpha value is -1.62. The molecule has 0 aromatic carbocycles. The number of rotatable bonds is 4. The minimum absolute atomic E-state index is 0.577. The summed E-state index contributed by atoms with van der Waals surface area (Å²) in [5.41, 5.74) is 0. The lowest BCUT2D eigenvalue weighted by molar-refractivity contribution is -0.124. The fraction of sp³-hybridized carbons (Fsp3) is 0.143. The molecule has 0 unspecified atom stereocenters. The van der Waals surface area contributed by atoms with Crippen LogP contribution in [-0.4, -0.2) is 23.3 Å². The minimum Gasteiger partial charge on any atom is -0.356 e. The van der Waals surface area contributed by atoms with E-state index in [4.69, 9.17) is 5.11 Å². The Labute approximate surface area is 69.8 Å². The van der Waals surface area contributed by atoms with E-state index in [0.717, 1.165) is 12.2 Å². The van der Waals surface area contributed by atoms with E-state index in [2.05, 4.69) is 13.2 Å². The minimum atomic E-state index is -1.42. The number of carbonyl (C=O) groups excluding carboxylic acids is 2. The quantitative estimate of drug-likeness (QED) is 0.369. The standard InChI is InChI=1S/C7H10N2O3/c1-3-5(10)8-7(12)9-6(11)4-2/h3-4,7,12H,1-2H2,(H,8,10)(H,9,11). The second-order valence-electron chi connectivity index (χ2n) is 1.83. The van der Waals surface area contributed by atoms with Crippen molar-refractivity contribution in [3.8, 4) is 0 Å². The van der Waals surface area contributed by atoms with Crippen LogP contribution in [-0.2, 0) is 9.59 Å². The van der Waals surface area contributed by atoms with Crippen LogP contribution >= 0.6 is 0 Å². The molecule has 0 saturated carbocycles. The summed E-state index contributed by atoms with van der Waals surface area (Å²) in [7, 11) is 0. The van der Waals surface area contributed by atoms with Gasteiger partial charge in [0, 0.05) is 0 Å². The number of hydrogen-bond acceptors (Lipinski definition) is 3. The highest BCUT2D eigenvalue weighted by molar-refractivity contribution is 5.89. The first-order valence-electron chi connectivity index (χ1n) is 3.14. The molecule has 0 aliphatic carbocycles. The topological polar surface area (TPSA) is 78.4 Å². The molecule has 0 aliphatic heterocycles. The van der Waals surface area contributed by atoms with E-state index in [0.29, 0.717) is 0 Å². The van der Waals surface area contributed by atoms with Crippen LogP contribution in [0.4, 0.5) is 0 Å². The molecule has 0 atom stereocenters. The molecule has 0 aromatic heterocycles. The average Bonchev–Trinajstić information content (AvgIpc) is 2.03. The first-order chi connectivity index (χ1) is 5.60. The van der Waals surface area contributed by atoms with E-state index < -0.39 is 18.2 Å². The third-order valence-corrected chi connectivity index (χ3v) is 0.929. The van der Waals surface area contributed by atoms with Crippen LogP contribution in [0.25, 0.3) is 0 Å². The molecule has 0 fully saturated rings. The van der Waals surface area contributed by atoms with Crippen LogP contribution in [0.1, 0.15) is 0 Å². The number of nitrogens with one attached hydrogen (secondary N) is 2. The van der Waals surface area contributed by atoms with E-state index in [1.54, 1.807) is 0 Å². The molecule has 12 heavy (non-hydrogen) atoms. The number of amides is 2. The summed E-state index contributed by atoms with van der Waals surface area (Å²) in [5, 5.41) is 12.9. The van der Waals surface area contributed by atoms with Crippen LogP contribution in [0.15, 0.2) is 25.3 Å². The highest BCUT2D eigenvalue weighted by Crippen LogP contribution is 1.74. The Kier molecular flexibility index (Phi) is 4.40. The van der Waals surface area contributed by atoms with Gasteiger partial charge in [-0.2, -0.15) is 0 Å². The molecule has 0 saturated heterocycles. The summed E-state index contributed by atoms with van der Waals surface area (Å²) >= 11 is 0. The van der Waals surface area contributed by atoms with Gasteiger partial charge in [-0.15, -0.1) is 0 Å². The summed E-state index contributed by atoms with van der Waals surface area (Å²) in [4.78, 5) is 21.1. The van der Waals surface area contributed by atoms with Crippen molar-refractivity contribution in [3.63, 3.8) is 0 Å². The summed E-state index contributed by atoms with van der Waals surface area (Å²) in [6.45, 7) is 6.31. The molecule has 0 radical (unpaired) electrons. The van der Waals surface area contributed by atoms with Crippen molar-refractivity contribution in [2.45, 2.75) is 6.35 Å². The molecule has 0 rings (SSSR count). The predicted molar refractivity (Wildman–Crippen MR) is 42.7 cm³/mol. The Morgan fingerprint density at radius 2 is 1.50 bits per heavy atom. The molecular weight excluding hydrogens is 160 g/mol. The van der Waals surface area contributed by atoms with Crippen LogP contribution in [0, 0.1) is 0 Å². The molecule has 2 amide bonds. The van der Waals surface area contributed by atoms with Crippen molar-refractivity contribution in [2.75, 3.05) is 0 Å². The molecular formula is C7H10N2O3. The molecule has 0 spiro atoms. The number of hydrogen-bond donors (Lipinski definition) is 3. The maximum absolute atomic E-state index is 10.5. The van der Waals surface area contributed by atoms with Crippen molar-refractivity contribution < 1.29 is 14.7 Å². The van der Waals surface area contributed by atoms with Gasteiger partial charge in [-0.05, 0) is 12.2 Å². The van der Waals surface area contributed by atoms with Crippen molar-refractivity contribution in [3.05, 3.63) is 25.3 Å². The van der Waals surface area contributed by atoms with Crippen LogP contribution in [0.3, 0.4) is 0 Å². The summed E-state index contributed by atoms with van der Waals surface area (Å²) in [5.74, 6) is -1.15. The highest BCUT2D eigenvalue weighted by atomic mass is 16.3. The highest BCUT2D eigenvalue weighted by Gasteiger charge is 2.06. The fourth-order valence-corrected chi connectivity index (χ4v) is 0.423. The third-order valence-electron chi connectivity index (χ3n) is 0.929. The number of aliphatic hydroxyl groups is 1. The van der Waals surface area contributed by atoms with E-state index >= 15 is 0 Å². The first-order valence-corrected chi connectivity index (χ1v) is 3.14. The normalized spacial score (nSPS) is 8.83. The number of aliphatic hydroxyl groups excluding tert-OH is 1. The lowest BCUT2D eigenvalue weighted by atomic mass is 10.5. The number of carbonyl (C=O) groups is 2. The Bertz CT molecular complexity index is 191. The van der Waals surface area contributed by atoms with Gasteiger partial charge in [0.2, 0.25) is 18.2 Å². The molecule has 0 heterocycles. The van der Waals surface area contributed by atoms with Gasteiger partial charge in [0.05, 0.1) is 0 Å². The van der Waals surface area contributed by atoms with Gasteiger partial charge in [0.25, 0.3) is 0 Å². The van der Waals surface area contributed by atoms with Gasteiger partial charge in [-0.25, -0.2) is 0 Å². The zero-order valence-corrected chi connectivity index (χ0v) is 6.41. The van der Waals surface area contributed by atoms with Gasteiger partial charge >= 0.3 is 0 Å². The molecule has 0 aliphatic rings. The maximum atomic E-state index is 10.5. The first kappa shape index (κ1) is 10.4. The Morgan fingerprint density at radius 3 is 1.75 bits per heavy atom. The van der Waals surface area contributed by atoms with Gasteiger partial charge < -0.3 is 15.7 Å².